The number of carbonyl (C=O) groups excluding carboxylic acids is 1. The zero-order valence-electron chi connectivity index (χ0n) is 13.1. The number of carbonyl (C=O) groups is 2. The first-order chi connectivity index (χ1) is 12.1. The van der Waals surface area contributed by atoms with E-state index in [0.29, 0.717) is 16.7 Å². The highest BCUT2D eigenvalue weighted by Crippen LogP contribution is 2.28. The van der Waals surface area contributed by atoms with Gasteiger partial charge in [0.1, 0.15) is 5.82 Å². The number of anilines is 1. The molecule has 2 N–H and O–H groups in total. The first-order valence-corrected chi connectivity index (χ1v) is 7.55. The number of benzene rings is 3. The summed E-state index contributed by atoms with van der Waals surface area (Å²) in [6, 6.07) is 18.9. The van der Waals surface area contributed by atoms with Crippen LogP contribution >= 0.6 is 0 Å². The Morgan fingerprint density at radius 2 is 1.56 bits per heavy atom. The van der Waals surface area contributed by atoms with E-state index in [1.165, 1.54) is 24.3 Å². The summed E-state index contributed by atoms with van der Waals surface area (Å²) >= 11 is 0. The lowest BCUT2D eigenvalue weighted by atomic mass is 10.0. The van der Waals surface area contributed by atoms with E-state index >= 15 is 0 Å². The van der Waals surface area contributed by atoms with E-state index in [4.69, 9.17) is 0 Å². The molecule has 0 saturated carbocycles. The number of carboxylic acid groups (broad SMARTS) is 1. The van der Waals surface area contributed by atoms with Crippen LogP contribution in [0.15, 0.2) is 72.8 Å². The first kappa shape index (κ1) is 16.4. The summed E-state index contributed by atoms with van der Waals surface area (Å²) in [6.45, 7) is 0. The van der Waals surface area contributed by atoms with E-state index in [9.17, 15) is 19.1 Å². The smallest absolute Gasteiger partial charge is 0.337 e. The van der Waals surface area contributed by atoms with E-state index in [0.717, 1.165) is 0 Å². The van der Waals surface area contributed by atoms with Crippen molar-refractivity contribution in [2.24, 2.45) is 0 Å². The maximum absolute atomic E-state index is 14.0. The van der Waals surface area contributed by atoms with Crippen molar-refractivity contribution in [3.05, 3.63) is 89.7 Å². The highest BCUT2D eigenvalue weighted by molar-refractivity contribution is 6.08. The highest BCUT2D eigenvalue weighted by atomic mass is 19.1. The maximum Gasteiger partial charge on any atom is 0.337 e. The zero-order valence-corrected chi connectivity index (χ0v) is 13.1. The summed E-state index contributed by atoms with van der Waals surface area (Å²) in [7, 11) is 0. The number of carboxylic acids is 1. The second-order valence-corrected chi connectivity index (χ2v) is 5.37. The SMILES string of the molecule is O=C(Nc1cc(-c2ccccc2F)ccc1C(=O)O)c1ccccc1. The number of aromatic carboxylic acids is 1. The fraction of sp³-hybridized carbons (Fsp3) is 0. The summed E-state index contributed by atoms with van der Waals surface area (Å²) in [5.41, 5.74) is 1.25. The molecule has 0 aliphatic rings. The predicted molar refractivity (Wildman–Crippen MR) is 93.2 cm³/mol. The molecule has 0 unspecified atom stereocenters. The lowest BCUT2D eigenvalue weighted by Gasteiger charge is -2.11. The minimum atomic E-state index is -1.18. The molecule has 3 rings (SSSR count). The molecule has 0 bridgehead atoms. The summed E-state index contributed by atoms with van der Waals surface area (Å²) in [6.07, 6.45) is 0. The van der Waals surface area contributed by atoms with Crippen LogP contribution in [0.1, 0.15) is 20.7 Å². The van der Waals surface area contributed by atoms with Gasteiger partial charge in [0.2, 0.25) is 0 Å². The van der Waals surface area contributed by atoms with Crippen LogP contribution in [0, 0.1) is 5.82 Å². The quantitative estimate of drug-likeness (QED) is 0.740. The summed E-state index contributed by atoms with van der Waals surface area (Å²) < 4.78 is 14.0. The molecule has 0 heterocycles. The Balaban J connectivity index is 2.01. The molecule has 0 aliphatic carbocycles. The van der Waals surface area contributed by atoms with Crippen LogP contribution in [0.4, 0.5) is 10.1 Å². The van der Waals surface area contributed by atoms with Gasteiger partial charge in [-0.1, -0.05) is 42.5 Å². The lowest BCUT2D eigenvalue weighted by molar-refractivity contribution is 0.0698. The normalized spacial score (nSPS) is 10.3. The van der Waals surface area contributed by atoms with Crippen molar-refractivity contribution < 1.29 is 19.1 Å². The molecule has 25 heavy (non-hydrogen) atoms. The van der Waals surface area contributed by atoms with E-state index in [-0.39, 0.29) is 11.3 Å². The molecule has 3 aromatic rings. The Bertz CT molecular complexity index is 939. The van der Waals surface area contributed by atoms with Crippen molar-refractivity contribution in [2.75, 3.05) is 5.32 Å². The fourth-order valence-electron chi connectivity index (χ4n) is 2.48. The molecule has 0 radical (unpaired) electrons. The van der Waals surface area contributed by atoms with E-state index in [1.807, 2.05) is 0 Å². The third-order valence-corrected chi connectivity index (χ3v) is 3.72. The molecule has 3 aromatic carbocycles. The van der Waals surface area contributed by atoms with E-state index < -0.39 is 17.7 Å². The first-order valence-electron chi connectivity index (χ1n) is 7.55. The third kappa shape index (κ3) is 3.55. The monoisotopic (exact) mass is 335 g/mol. The van der Waals surface area contributed by atoms with Crippen LogP contribution in [-0.4, -0.2) is 17.0 Å². The number of rotatable bonds is 4. The maximum atomic E-state index is 14.0. The molecular weight excluding hydrogens is 321 g/mol. The summed E-state index contributed by atoms with van der Waals surface area (Å²) in [4.78, 5) is 23.8. The molecule has 0 fully saturated rings. The minimum absolute atomic E-state index is 0.0654. The summed E-state index contributed by atoms with van der Waals surface area (Å²) in [5.74, 6) is -2.04. The van der Waals surface area contributed by atoms with Crippen molar-refractivity contribution in [1.82, 2.24) is 0 Å². The molecule has 0 spiro atoms. The van der Waals surface area contributed by atoms with Gasteiger partial charge in [-0.25, -0.2) is 9.18 Å². The average Bonchev–Trinajstić information content (AvgIpc) is 2.62. The molecule has 124 valence electrons. The predicted octanol–water partition coefficient (Wildman–Crippen LogP) is 4.44. The third-order valence-electron chi connectivity index (χ3n) is 3.72. The van der Waals surface area contributed by atoms with Gasteiger partial charge in [0, 0.05) is 11.1 Å². The van der Waals surface area contributed by atoms with Gasteiger partial charge in [0.25, 0.3) is 5.91 Å². The van der Waals surface area contributed by atoms with Crippen molar-refractivity contribution in [3.8, 4) is 11.1 Å². The number of nitrogens with one attached hydrogen (secondary N) is 1. The van der Waals surface area contributed by atoms with Gasteiger partial charge in [-0.05, 0) is 35.9 Å². The molecular formula is C20H14FNO3. The Morgan fingerprint density at radius 3 is 2.24 bits per heavy atom. The van der Waals surface area contributed by atoms with Gasteiger partial charge >= 0.3 is 5.97 Å². The van der Waals surface area contributed by atoms with Gasteiger partial charge in [-0.15, -0.1) is 0 Å². The van der Waals surface area contributed by atoms with Crippen LogP contribution in [-0.2, 0) is 0 Å². The molecule has 0 saturated heterocycles. The second-order valence-electron chi connectivity index (χ2n) is 5.37. The van der Waals surface area contributed by atoms with Gasteiger partial charge in [0.05, 0.1) is 11.3 Å². The van der Waals surface area contributed by atoms with Crippen molar-refractivity contribution in [1.29, 1.82) is 0 Å². The largest absolute Gasteiger partial charge is 0.478 e. The van der Waals surface area contributed by atoms with Crippen molar-refractivity contribution in [3.63, 3.8) is 0 Å². The molecule has 0 aliphatic heterocycles. The fourth-order valence-corrected chi connectivity index (χ4v) is 2.48. The lowest BCUT2D eigenvalue weighted by Crippen LogP contribution is -2.14. The van der Waals surface area contributed by atoms with Gasteiger partial charge in [0.15, 0.2) is 0 Å². The molecule has 5 heteroatoms. The van der Waals surface area contributed by atoms with Crippen LogP contribution in [0.25, 0.3) is 11.1 Å². The molecule has 4 nitrogen and oxygen atoms in total. The van der Waals surface area contributed by atoms with Crippen LogP contribution in [0.2, 0.25) is 0 Å². The number of hydrogen-bond donors (Lipinski definition) is 2. The highest BCUT2D eigenvalue weighted by Gasteiger charge is 2.15. The topological polar surface area (TPSA) is 66.4 Å². The standard InChI is InChI=1S/C20H14FNO3/c21-17-9-5-4-8-15(17)14-10-11-16(20(24)25)18(12-14)22-19(23)13-6-2-1-3-7-13/h1-12H,(H,22,23)(H,24,25). The van der Waals surface area contributed by atoms with Gasteiger partial charge in [-0.2, -0.15) is 0 Å². The van der Waals surface area contributed by atoms with Crippen LogP contribution in [0.3, 0.4) is 0 Å². The zero-order chi connectivity index (χ0) is 17.8. The molecule has 0 atom stereocenters. The Morgan fingerprint density at radius 1 is 0.880 bits per heavy atom. The van der Waals surface area contributed by atoms with Crippen molar-refractivity contribution in [2.45, 2.75) is 0 Å². The number of hydrogen-bond acceptors (Lipinski definition) is 2. The average molecular weight is 335 g/mol. The Kier molecular flexibility index (Phi) is 4.57. The summed E-state index contributed by atoms with van der Waals surface area (Å²) in [5, 5.41) is 11.9. The molecule has 0 aromatic heterocycles. The Hall–Kier alpha value is -3.47. The van der Waals surface area contributed by atoms with Gasteiger partial charge < -0.3 is 10.4 Å². The van der Waals surface area contributed by atoms with Crippen molar-refractivity contribution >= 4 is 17.6 Å². The number of amides is 1. The van der Waals surface area contributed by atoms with Crippen LogP contribution in [0.5, 0.6) is 0 Å². The van der Waals surface area contributed by atoms with Crippen LogP contribution < -0.4 is 5.32 Å². The van der Waals surface area contributed by atoms with E-state index in [1.54, 1.807) is 48.5 Å². The van der Waals surface area contributed by atoms with E-state index in [2.05, 4.69) is 5.32 Å². The van der Waals surface area contributed by atoms with Gasteiger partial charge in [-0.3, -0.25) is 4.79 Å². The molecule has 1 amide bonds. The Labute approximate surface area is 143 Å². The minimum Gasteiger partial charge on any atom is -0.478 e. The number of halogens is 1. The second kappa shape index (κ2) is 6.97.